The highest BCUT2D eigenvalue weighted by Gasteiger charge is 2.34. The number of alkyl halides is 3. The molecule has 0 radical (unpaired) electrons. The monoisotopic (exact) mass is 292 g/mol. The highest BCUT2D eigenvalue weighted by Crippen LogP contribution is 2.32. The van der Waals surface area contributed by atoms with Gasteiger partial charge in [-0.3, -0.25) is 4.79 Å². The maximum absolute atomic E-state index is 12.9. The molecule has 0 amide bonds. The van der Waals surface area contributed by atoms with Crippen LogP contribution in [0.2, 0.25) is 0 Å². The maximum Gasteiger partial charge on any atom is 0.417 e. The molecule has 21 heavy (non-hydrogen) atoms. The number of aryl methyl sites for hydroxylation is 2. The number of rotatable bonds is 4. The predicted octanol–water partition coefficient (Wildman–Crippen LogP) is 4.83. The molecular formula is C17H15F3O. The summed E-state index contributed by atoms with van der Waals surface area (Å²) in [5, 5.41) is 0. The van der Waals surface area contributed by atoms with Crippen LogP contribution < -0.4 is 0 Å². The second kappa shape index (κ2) is 6.12. The normalized spacial score (nSPS) is 11.4. The Morgan fingerprint density at radius 2 is 1.62 bits per heavy atom. The molecule has 0 unspecified atom stereocenters. The minimum Gasteiger partial charge on any atom is -0.294 e. The van der Waals surface area contributed by atoms with Crippen LogP contribution in [0.3, 0.4) is 0 Å². The van der Waals surface area contributed by atoms with Crippen LogP contribution >= 0.6 is 0 Å². The number of ketones is 1. The predicted molar refractivity (Wildman–Crippen MR) is 75.3 cm³/mol. The van der Waals surface area contributed by atoms with E-state index in [9.17, 15) is 18.0 Å². The molecule has 0 heterocycles. The van der Waals surface area contributed by atoms with Crippen molar-refractivity contribution in [2.75, 3.05) is 0 Å². The Bertz CT molecular complexity index is 644. The molecule has 1 nitrogen and oxygen atoms in total. The van der Waals surface area contributed by atoms with Crippen molar-refractivity contribution >= 4 is 5.78 Å². The lowest BCUT2D eigenvalue weighted by molar-refractivity contribution is -0.137. The molecule has 2 aromatic rings. The van der Waals surface area contributed by atoms with Crippen molar-refractivity contribution < 1.29 is 18.0 Å². The second-order valence-corrected chi connectivity index (χ2v) is 4.89. The molecule has 2 aromatic carbocycles. The maximum atomic E-state index is 12.9. The smallest absolute Gasteiger partial charge is 0.294 e. The quantitative estimate of drug-likeness (QED) is 0.738. The van der Waals surface area contributed by atoms with Gasteiger partial charge in [-0.2, -0.15) is 13.2 Å². The molecule has 4 heteroatoms. The fourth-order valence-electron chi connectivity index (χ4n) is 2.25. The number of carbonyl (C=O) groups excluding carboxylic acids is 1. The van der Waals surface area contributed by atoms with Gasteiger partial charge in [0.1, 0.15) is 0 Å². The molecule has 0 saturated heterocycles. The molecule has 0 aliphatic carbocycles. The molecule has 0 saturated carbocycles. The van der Waals surface area contributed by atoms with Crippen LogP contribution in [0.4, 0.5) is 13.2 Å². The molecule has 0 aliphatic rings. The Kier molecular flexibility index (Phi) is 4.46. The molecule has 0 fully saturated rings. The summed E-state index contributed by atoms with van der Waals surface area (Å²) in [5.41, 5.74) is 0.906. The third-order valence-electron chi connectivity index (χ3n) is 3.42. The van der Waals surface area contributed by atoms with Gasteiger partial charge in [-0.05, 0) is 30.5 Å². The van der Waals surface area contributed by atoms with Crippen molar-refractivity contribution in [3.63, 3.8) is 0 Å². The van der Waals surface area contributed by atoms with Gasteiger partial charge in [0, 0.05) is 12.0 Å². The molecule has 0 aromatic heterocycles. The third kappa shape index (κ3) is 3.72. The largest absolute Gasteiger partial charge is 0.417 e. The van der Waals surface area contributed by atoms with Crippen LogP contribution in [0.1, 0.15) is 33.5 Å². The van der Waals surface area contributed by atoms with Crippen LogP contribution in [0.15, 0.2) is 48.5 Å². The summed E-state index contributed by atoms with van der Waals surface area (Å²) >= 11 is 0. The average molecular weight is 292 g/mol. The zero-order valence-electron chi connectivity index (χ0n) is 11.6. The first-order valence-corrected chi connectivity index (χ1v) is 6.63. The Morgan fingerprint density at radius 1 is 1.00 bits per heavy atom. The van der Waals surface area contributed by atoms with Gasteiger partial charge in [0.25, 0.3) is 0 Å². The van der Waals surface area contributed by atoms with Crippen molar-refractivity contribution in [2.45, 2.75) is 25.9 Å². The first-order valence-electron chi connectivity index (χ1n) is 6.63. The minimum atomic E-state index is -4.51. The molecule has 0 spiro atoms. The van der Waals surface area contributed by atoms with Crippen LogP contribution in [0.5, 0.6) is 0 Å². The van der Waals surface area contributed by atoms with Gasteiger partial charge in [0.2, 0.25) is 0 Å². The number of halogens is 3. The van der Waals surface area contributed by atoms with E-state index in [2.05, 4.69) is 0 Å². The fraction of sp³-hybridized carbons (Fsp3) is 0.235. The van der Waals surface area contributed by atoms with E-state index < -0.39 is 17.5 Å². The van der Waals surface area contributed by atoms with E-state index in [4.69, 9.17) is 0 Å². The number of hydrogen-bond acceptors (Lipinski definition) is 1. The Labute approximate surface area is 121 Å². The summed E-state index contributed by atoms with van der Waals surface area (Å²) in [7, 11) is 0. The van der Waals surface area contributed by atoms with Gasteiger partial charge in [-0.1, -0.05) is 42.5 Å². The lowest BCUT2D eigenvalue weighted by atomic mass is 9.97. The Balaban J connectivity index is 2.17. The lowest BCUT2D eigenvalue weighted by Gasteiger charge is -2.12. The van der Waals surface area contributed by atoms with Gasteiger partial charge in [0.05, 0.1) is 5.56 Å². The summed E-state index contributed by atoms with van der Waals surface area (Å²) in [6.07, 6.45) is -4.00. The Hall–Kier alpha value is -2.10. The third-order valence-corrected chi connectivity index (χ3v) is 3.42. The zero-order chi connectivity index (χ0) is 15.5. The second-order valence-electron chi connectivity index (χ2n) is 4.89. The standard InChI is InChI=1S/C17H15F3O/c1-12-6-2-3-7-13(12)10-11-16(21)14-8-4-5-9-15(14)17(18,19)20/h2-9H,10-11H2,1H3. The summed E-state index contributed by atoms with van der Waals surface area (Å²) in [6.45, 7) is 1.92. The van der Waals surface area contributed by atoms with Crippen LogP contribution in [0, 0.1) is 6.92 Å². The molecule has 0 atom stereocenters. The van der Waals surface area contributed by atoms with Crippen LogP contribution in [-0.4, -0.2) is 5.78 Å². The van der Waals surface area contributed by atoms with E-state index in [1.54, 1.807) is 0 Å². The first kappa shape index (κ1) is 15.3. The summed E-state index contributed by atoms with van der Waals surface area (Å²) in [4.78, 5) is 12.1. The molecule has 2 rings (SSSR count). The average Bonchev–Trinajstić information content (AvgIpc) is 2.45. The highest BCUT2D eigenvalue weighted by molar-refractivity contribution is 5.97. The molecule has 0 aliphatic heterocycles. The number of Topliss-reactive ketones (excluding diaryl/α,β-unsaturated/α-hetero) is 1. The van der Waals surface area contributed by atoms with E-state index in [-0.39, 0.29) is 12.0 Å². The van der Waals surface area contributed by atoms with E-state index in [0.29, 0.717) is 6.42 Å². The van der Waals surface area contributed by atoms with E-state index in [1.807, 2.05) is 31.2 Å². The van der Waals surface area contributed by atoms with Crippen molar-refractivity contribution in [1.29, 1.82) is 0 Å². The number of hydrogen-bond donors (Lipinski definition) is 0. The SMILES string of the molecule is Cc1ccccc1CCC(=O)c1ccccc1C(F)(F)F. The van der Waals surface area contributed by atoms with E-state index in [1.165, 1.54) is 18.2 Å². The topological polar surface area (TPSA) is 17.1 Å². The highest BCUT2D eigenvalue weighted by atomic mass is 19.4. The Morgan fingerprint density at radius 3 is 2.29 bits per heavy atom. The minimum absolute atomic E-state index is 0.0674. The van der Waals surface area contributed by atoms with Crippen molar-refractivity contribution in [1.82, 2.24) is 0 Å². The van der Waals surface area contributed by atoms with E-state index in [0.717, 1.165) is 17.2 Å². The number of benzene rings is 2. The van der Waals surface area contributed by atoms with E-state index >= 15 is 0 Å². The van der Waals surface area contributed by atoms with Crippen LogP contribution in [0.25, 0.3) is 0 Å². The lowest BCUT2D eigenvalue weighted by Crippen LogP contribution is -2.13. The van der Waals surface area contributed by atoms with Gasteiger partial charge in [-0.25, -0.2) is 0 Å². The summed E-state index contributed by atoms with van der Waals surface area (Å²) in [5.74, 6) is -0.480. The number of carbonyl (C=O) groups is 1. The first-order chi connectivity index (χ1) is 9.89. The van der Waals surface area contributed by atoms with Crippen molar-refractivity contribution in [3.05, 3.63) is 70.8 Å². The summed E-state index contributed by atoms with van der Waals surface area (Å²) in [6, 6.07) is 12.5. The summed E-state index contributed by atoms with van der Waals surface area (Å²) < 4.78 is 38.7. The van der Waals surface area contributed by atoms with Crippen molar-refractivity contribution in [2.24, 2.45) is 0 Å². The molecule has 0 bridgehead atoms. The van der Waals surface area contributed by atoms with Gasteiger partial charge >= 0.3 is 6.18 Å². The fourth-order valence-corrected chi connectivity index (χ4v) is 2.25. The van der Waals surface area contributed by atoms with Gasteiger partial charge in [0.15, 0.2) is 5.78 Å². The van der Waals surface area contributed by atoms with Crippen LogP contribution in [-0.2, 0) is 12.6 Å². The molecule has 110 valence electrons. The zero-order valence-corrected chi connectivity index (χ0v) is 11.6. The van der Waals surface area contributed by atoms with Crippen molar-refractivity contribution in [3.8, 4) is 0 Å². The van der Waals surface area contributed by atoms with Gasteiger partial charge < -0.3 is 0 Å². The van der Waals surface area contributed by atoms with Gasteiger partial charge in [-0.15, -0.1) is 0 Å². The molecular weight excluding hydrogens is 277 g/mol. The molecule has 0 N–H and O–H groups in total.